The molecular formula is C19H19N5O2. The van der Waals surface area contributed by atoms with E-state index in [1.807, 2.05) is 56.3 Å². The molecule has 7 heteroatoms. The van der Waals surface area contributed by atoms with Crippen molar-refractivity contribution in [2.24, 2.45) is 4.99 Å². The number of anilines is 1. The van der Waals surface area contributed by atoms with Gasteiger partial charge in [-0.05, 0) is 30.9 Å². The van der Waals surface area contributed by atoms with Crippen LogP contribution >= 0.6 is 0 Å². The highest BCUT2D eigenvalue weighted by atomic mass is 16.2. The van der Waals surface area contributed by atoms with Crippen LogP contribution in [-0.2, 0) is 9.59 Å². The van der Waals surface area contributed by atoms with Crippen molar-refractivity contribution in [1.82, 2.24) is 15.8 Å². The lowest BCUT2D eigenvalue weighted by molar-refractivity contribution is -0.129. The number of guanidine groups is 1. The van der Waals surface area contributed by atoms with E-state index in [2.05, 4.69) is 21.1 Å². The van der Waals surface area contributed by atoms with Gasteiger partial charge in [0.05, 0.1) is 6.42 Å². The maximum absolute atomic E-state index is 12.9. The van der Waals surface area contributed by atoms with Crippen molar-refractivity contribution >= 4 is 34.2 Å². The van der Waals surface area contributed by atoms with E-state index in [1.54, 1.807) is 5.01 Å². The van der Waals surface area contributed by atoms with Gasteiger partial charge in [-0.1, -0.05) is 36.4 Å². The van der Waals surface area contributed by atoms with Gasteiger partial charge in [0, 0.05) is 11.1 Å². The second-order valence-electron chi connectivity index (χ2n) is 6.55. The first kappa shape index (κ1) is 16.1. The Morgan fingerprint density at radius 1 is 1.19 bits per heavy atom. The number of amides is 2. The topological polar surface area (TPSA) is 85.8 Å². The fourth-order valence-electron chi connectivity index (χ4n) is 3.09. The van der Waals surface area contributed by atoms with Crippen molar-refractivity contribution in [2.45, 2.75) is 26.3 Å². The monoisotopic (exact) mass is 349 g/mol. The van der Waals surface area contributed by atoms with Gasteiger partial charge in [-0.3, -0.25) is 20.3 Å². The van der Waals surface area contributed by atoms with E-state index in [1.165, 1.54) is 0 Å². The molecular weight excluding hydrogens is 330 g/mol. The molecule has 2 aromatic carbocycles. The number of fused-ring (bicyclic) bond motifs is 2. The minimum absolute atomic E-state index is 0.0542. The molecule has 0 aromatic heterocycles. The van der Waals surface area contributed by atoms with Gasteiger partial charge in [-0.2, -0.15) is 4.99 Å². The number of hydrogen-bond acceptors (Lipinski definition) is 5. The molecule has 0 radical (unpaired) electrons. The lowest BCUT2D eigenvalue weighted by Crippen LogP contribution is -2.61. The second kappa shape index (κ2) is 6.18. The number of allylic oxidation sites excluding steroid dienone is 1. The Kier molecular flexibility index (Phi) is 3.84. The van der Waals surface area contributed by atoms with Gasteiger partial charge in [0.2, 0.25) is 17.8 Å². The van der Waals surface area contributed by atoms with Gasteiger partial charge in [0.25, 0.3) is 0 Å². The number of carbonyl (C=O) groups excluding carboxylic acids is 2. The summed E-state index contributed by atoms with van der Waals surface area (Å²) < 4.78 is 0. The third-order valence-electron chi connectivity index (χ3n) is 4.44. The molecule has 0 unspecified atom stereocenters. The summed E-state index contributed by atoms with van der Waals surface area (Å²) in [5.41, 5.74) is 4.79. The molecule has 1 saturated heterocycles. The Morgan fingerprint density at radius 3 is 2.77 bits per heavy atom. The molecule has 2 aromatic rings. The highest BCUT2D eigenvalue weighted by molar-refractivity contribution is 6.10. The quantitative estimate of drug-likeness (QED) is 0.775. The van der Waals surface area contributed by atoms with Crippen LogP contribution in [0.3, 0.4) is 0 Å². The summed E-state index contributed by atoms with van der Waals surface area (Å²) in [6.07, 6.45) is 0.0542. The van der Waals surface area contributed by atoms with Crippen LogP contribution in [0.15, 0.2) is 58.9 Å². The summed E-state index contributed by atoms with van der Waals surface area (Å²) in [7, 11) is 0. The predicted molar refractivity (Wildman–Crippen MR) is 99.9 cm³/mol. The van der Waals surface area contributed by atoms with Crippen LogP contribution in [-0.4, -0.2) is 28.8 Å². The maximum atomic E-state index is 12.9. The standard InChI is InChI=1S/C19H19N5O2/c1-11(2)17-22-19-21-16(25)10-15(24(19)23-17)18(26)20-14-9-5-7-12-6-3-4-8-13(12)14/h3-9,15,23H,10H2,1-2H3,(H,20,26)(H,21,22,25)/t15-/m1/s1. The van der Waals surface area contributed by atoms with Crippen molar-refractivity contribution in [3.63, 3.8) is 0 Å². The molecule has 1 fully saturated rings. The van der Waals surface area contributed by atoms with Gasteiger partial charge in [-0.25, -0.2) is 5.01 Å². The average molecular weight is 349 g/mol. The van der Waals surface area contributed by atoms with E-state index >= 15 is 0 Å². The number of hydrogen-bond donors (Lipinski definition) is 3. The fourth-order valence-corrected chi connectivity index (χ4v) is 3.09. The van der Waals surface area contributed by atoms with Crippen molar-refractivity contribution < 1.29 is 9.59 Å². The highest BCUT2D eigenvalue weighted by Gasteiger charge is 2.39. The molecule has 1 atom stereocenters. The van der Waals surface area contributed by atoms with Gasteiger partial charge in [0.15, 0.2) is 0 Å². The highest BCUT2D eigenvalue weighted by Crippen LogP contribution is 2.25. The fraction of sp³-hybridized carbons (Fsp3) is 0.211. The Hall–Kier alpha value is -3.35. The summed E-state index contributed by atoms with van der Waals surface area (Å²) >= 11 is 0. The molecule has 3 N–H and O–H groups in total. The van der Waals surface area contributed by atoms with E-state index in [9.17, 15) is 9.59 Å². The largest absolute Gasteiger partial charge is 0.324 e. The molecule has 132 valence electrons. The minimum Gasteiger partial charge on any atom is -0.324 e. The zero-order chi connectivity index (χ0) is 18.3. The molecule has 26 heavy (non-hydrogen) atoms. The number of nitrogens with one attached hydrogen (secondary N) is 3. The Labute approximate surface area is 150 Å². The number of nitrogens with zero attached hydrogens (tertiary/aromatic N) is 2. The number of hydrazine groups is 1. The molecule has 0 spiro atoms. The predicted octanol–water partition coefficient (Wildman–Crippen LogP) is 2.09. The third kappa shape index (κ3) is 2.77. The van der Waals surface area contributed by atoms with Crippen molar-refractivity contribution in [2.75, 3.05) is 5.32 Å². The molecule has 2 heterocycles. The third-order valence-corrected chi connectivity index (χ3v) is 4.44. The summed E-state index contributed by atoms with van der Waals surface area (Å²) in [4.78, 5) is 29.3. The Morgan fingerprint density at radius 2 is 1.96 bits per heavy atom. The molecule has 2 amide bonds. The van der Waals surface area contributed by atoms with Gasteiger partial charge < -0.3 is 5.32 Å². The lowest BCUT2D eigenvalue weighted by Gasteiger charge is -2.32. The van der Waals surface area contributed by atoms with Crippen LogP contribution in [0.1, 0.15) is 20.3 Å². The first-order chi connectivity index (χ1) is 12.5. The Balaban J connectivity index is 1.62. The molecule has 7 nitrogen and oxygen atoms in total. The normalized spacial score (nSPS) is 18.8. The number of carbonyl (C=O) groups is 2. The first-order valence-corrected chi connectivity index (χ1v) is 8.43. The first-order valence-electron chi connectivity index (χ1n) is 8.43. The number of benzene rings is 2. The zero-order valence-electron chi connectivity index (χ0n) is 14.5. The molecule has 0 aliphatic carbocycles. The summed E-state index contributed by atoms with van der Waals surface area (Å²) in [6, 6.07) is 12.9. The van der Waals surface area contributed by atoms with Crippen molar-refractivity contribution in [1.29, 1.82) is 0 Å². The van der Waals surface area contributed by atoms with Crippen LogP contribution < -0.4 is 16.1 Å². The van der Waals surface area contributed by atoms with E-state index in [4.69, 9.17) is 0 Å². The summed E-state index contributed by atoms with van der Waals surface area (Å²) in [5.74, 6) is 0.516. The number of aliphatic imine (C=N–C) groups is 1. The van der Waals surface area contributed by atoms with Crippen LogP contribution in [0.2, 0.25) is 0 Å². The second-order valence-corrected chi connectivity index (χ2v) is 6.55. The van der Waals surface area contributed by atoms with Crippen molar-refractivity contribution in [3.8, 4) is 0 Å². The SMILES string of the molecule is CC(C)=C1N=C2NC(=O)C[C@H](C(=O)Nc3cccc4ccccc34)N2N1. The molecule has 0 saturated carbocycles. The minimum atomic E-state index is -0.682. The van der Waals surface area contributed by atoms with Crippen LogP contribution in [0.5, 0.6) is 0 Å². The van der Waals surface area contributed by atoms with Crippen molar-refractivity contribution in [3.05, 3.63) is 53.9 Å². The van der Waals surface area contributed by atoms with E-state index in [0.717, 1.165) is 22.0 Å². The number of rotatable bonds is 2. The summed E-state index contributed by atoms with van der Waals surface area (Å²) in [5, 5.41) is 9.27. The van der Waals surface area contributed by atoms with E-state index in [0.29, 0.717) is 11.8 Å². The van der Waals surface area contributed by atoms with Gasteiger partial charge in [0.1, 0.15) is 11.9 Å². The van der Waals surface area contributed by atoms with E-state index in [-0.39, 0.29) is 18.2 Å². The lowest BCUT2D eigenvalue weighted by atomic mass is 10.1. The average Bonchev–Trinajstić information content (AvgIpc) is 3.05. The Bertz CT molecular complexity index is 970. The maximum Gasteiger partial charge on any atom is 0.249 e. The molecule has 2 aliphatic rings. The van der Waals surface area contributed by atoms with Gasteiger partial charge in [-0.15, -0.1) is 0 Å². The summed E-state index contributed by atoms with van der Waals surface area (Å²) in [6.45, 7) is 3.83. The molecule has 0 bridgehead atoms. The zero-order valence-corrected chi connectivity index (χ0v) is 14.5. The molecule has 2 aliphatic heterocycles. The van der Waals surface area contributed by atoms with Crippen LogP contribution in [0.25, 0.3) is 10.8 Å². The van der Waals surface area contributed by atoms with Crippen LogP contribution in [0, 0.1) is 0 Å². The smallest absolute Gasteiger partial charge is 0.249 e. The van der Waals surface area contributed by atoms with Gasteiger partial charge >= 0.3 is 0 Å². The van der Waals surface area contributed by atoms with E-state index < -0.39 is 6.04 Å². The van der Waals surface area contributed by atoms with Crippen LogP contribution in [0.4, 0.5) is 5.69 Å². The molecule has 4 rings (SSSR count).